The Morgan fingerprint density at radius 2 is 1.07 bits per heavy atom. The Labute approximate surface area is 133 Å². The molecule has 0 bridgehead atoms. The van der Waals surface area contributed by atoms with Crippen LogP contribution in [-0.4, -0.2) is 8.32 Å². The second kappa shape index (κ2) is 9.42. The maximum atomic E-state index is 9.53. The van der Waals surface area contributed by atoms with Gasteiger partial charge in [0.15, 0.2) is 0 Å². The predicted octanol–water partition coefficient (Wildman–Crippen LogP) is -11.2. The van der Waals surface area contributed by atoms with E-state index in [-0.39, 0.29) is 51.4 Å². The SMILES string of the molecule is [K+].[O-][I+2]([O-])[O-].[O]=[Cr](=[O])([OH])[O][Cr](=[O])(=[O])[OH]. The molecule has 0 saturated carbocycles. The molecule has 0 fully saturated rings. The second-order valence-corrected chi connectivity index (χ2v) is 5.95. The van der Waals surface area contributed by atoms with E-state index in [0.29, 0.717) is 0 Å². The summed E-state index contributed by atoms with van der Waals surface area (Å²) in [6.45, 7) is 0. The summed E-state index contributed by atoms with van der Waals surface area (Å²) in [5.74, 6) is 0. The Kier molecular flexibility index (Phi) is 14.6. The number of halogens is 1. The third-order valence-electron chi connectivity index (χ3n) is 0.172. The van der Waals surface area contributed by atoms with Crippen LogP contribution in [-0.2, 0) is 45.3 Å². The van der Waals surface area contributed by atoms with Crippen LogP contribution in [0.15, 0.2) is 0 Å². The maximum absolute atomic E-state index is 9.53. The van der Waals surface area contributed by atoms with Crippen LogP contribution in [0.25, 0.3) is 0 Å². The van der Waals surface area contributed by atoms with E-state index in [2.05, 4.69) is 2.84 Å². The molecule has 0 aromatic rings. The first-order chi connectivity index (χ1) is 5.44. The topological polar surface area (TPSA) is 187 Å². The van der Waals surface area contributed by atoms with E-state index in [0.717, 1.165) is 0 Å². The Balaban J connectivity index is -0.000000209. The molecule has 0 rings (SSSR count). The molecule has 0 aromatic carbocycles. The van der Waals surface area contributed by atoms with Crippen molar-refractivity contribution >= 4 is 0 Å². The molecule has 0 radical (unpaired) electrons. The molecule has 0 saturated heterocycles. The molecule has 0 amide bonds. The van der Waals surface area contributed by atoms with Gasteiger partial charge in [0.1, 0.15) is 0 Å². The molecular weight excluding hydrogens is 430 g/mol. The molecule has 0 aromatic heterocycles. The number of hydrogen-bond acceptors (Lipinski definition) is 8. The van der Waals surface area contributed by atoms with E-state index >= 15 is 0 Å². The number of hydrogen-bond donors (Lipinski definition) is 2. The molecule has 14 heavy (non-hydrogen) atoms. The first-order valence-electron chi connectivity index (χ1n) is 1.83. The Hall–Kier alpha value is 2.39. The van der Waals surface area contributed by atoms with Crippen molar-refractivity contribution in [2.24, 2.45) is 0 Å². The van der Waals surface area contributed by atoms with Gasteiger partial charge in [-0.25, -0.2) is 0 Å². The third kappa shape index (κ3) is 36.7. The summed E-state index contributed by atoms with van der Waals surface area (Å²) >= 11 is -15.5. The minimum absolute atomic E-state index is 0. The number of rotatable bonds is 2. The van der Waals surface area contributed by atoms with Crippen molar-refractivity contribution in [3.8, 4) is 0 Å². The molecular formula is H2Cr2IKO10. The van der Waals surface area contributed by atoms with Crippen LogP contribution in [0.1, 0.15) is 0 Å². The average molecular weight is 432 g/mol. The van der Waals surface area contributed by atoms with Crippen LogP contribution in [0.2, 0.25) is 0 Å². The van der Waals surface area contributed by atoms with Gasteiger partial charge in [0.05, 0.1) is 0 Å². The van der Waals surface area contributed by atoms with Gasteiger partial charge in [0.2, 0.25) is 0 Å². The molecule has 0 unspecified atom stereocenters. The predicted molar refractivity (Wildman–Crippen MR) is 8.27 cm³/mol. The van der Waals surface area contributed by atoms with Crippen LogP contribution >= 0.6 is 0 Å². The summed E-state index contributed by atoms with van der Waals surface area (Å²) in [5.41, 5.74) is 0. The van der Waals surface area contributed by atoms with Crippen LogP contribution in [0.4, 0.5) is 0 Å². The summed E-state index contributed by atoms with van der Waals surface area (Å²) in [5, 5.41) is 0. The fraction of sp³-hybridized carbons (Fsp3) is 0. The molecule has 10 nitrogen and oxygen atoms in total. The van der Waals surface area contributed by atoms with E-state index in [1.165, 1.54) is 0 Å². The van der Waals surface area contributed by atoms with Gasteiger partial charge >= 0.3 is 105 Å². The van der Waals surface area contributed by atoms with Gasteiger partial charge < -0.3 is 10.3 Å². The molecule has 82 valence electrons. The minimum atomic E-state index is -5.76. The molecule has 0 aliphatic rings. The molecule has 14 heteroatoms. The van der Waals surface area contributed by atoms with Crippen molar-refractivity contribution in [3.63, 3.8) is 0 Å². The Morgan fingerprint density at radius 3 is 1.07 bits per heavy atom. The van der Waals surface area contributed by atoms with Crippen LogP contribution in [0.3, 0.4) is 0 Å². The van der Waals surface area contributed by atoms with Gasteiger partial charge in [-0.3, -0.25) is 0 Å². The van der Waals surface area contributed by atoms with Gasteiger partial charge in [-0.1, -0.05) is 0 Å². The molecule has 0 aliphatic carbocycles. The van der Waals surface area contributed by atoms with E-state index in [1.54, 1.807) is 0 Å². The molecule has 0 spiro atoms. The first-order valence-corrected chi connectivity index (χ1v) is 8.73. The van der Waals surface area contributed by atoms with E-state index in [4.69, 9.17) is 18.6 Å². The average Bonchev–Trinajstić information content (AvgIpc) is 1.47. The van der Waals surface area contributed by atoms with E-state index in [1.807, 2.05) is 0 Å². The quantitative estimate of drug-likeness (QED) is 0.313. The Bertz CT molecular complexity index is 277. The summed E-state index contributed by atoms with van der Waals surface area (Å²) in [6.07, 6.45) is 0. The fourth-order valence-corrected chi connectivity index (χ4v) is 1.85. The first kappa shape index (κ1) is 21.7. The van der Waals surface area contributed by atoms with Gasteiger partial charge in [-0.2, -0.15) is 0 Å². The third-order valence-corrected chi connectivity index (χ3v) is 2.92. The van der Waals surface area contributed by atoms with Gasteiger partial charge in [-0.05, 0) is 0 Å². The molecule has 0 atom stereocenters. The normalized spacial score (nSPS) is 11.3. The fourth-order valence-electron chi connectivity index (χ4n) is 0.109. The van der Waals surface area contributed by atoms with E-state index in [9.17, 15) is 15.2 Å². The van der Waals surface area contributed by atoms with Crippen LogP contribution < -0.4 is 82.8 Å². The van der Waals surface area contributed by atoms with Crippen molar-refractivity contribution < 1.29 is 136 Å². The zero-order valence-electron chi connectivity index (χ0n) is 6.35. The monoisotopic (exact) mass is 432 g/mol. The standard InChI is InChI=1S/2Cr.IO3.K.2H2O.5O/c;;2-1(3)4;;;;;;;;/h;;;;2*1H2;;;;;/q2*+1;-1;+1;;;;;;;/p-2. The summed E-state index contributed by atoms with van der Waals surface area (Å²) in [4.78, 5) is 0. The molecule has 0 aliphatic heterocycles. The van der Waals surface area contributed by atoms with Crippen molar-refractivity contribution in [3.05, 3.63) is 0 Å². The zero-order valence-corrected chi connectivity index (χ0v) is 14.2. The van der Waals surface area contributed by atoms with Crippen molar-refractivity contribution in [2.45, 2.75) is 0 Å². The zero-order chi connectivity index (χ0) is 11.3. The van der Waals surface area contributed by atoms with Crippen LogP contribution in [0.5, 0.6) is 0 Å². The van der Waals surface area contributed by atoms with Crippen molar-refractivity contribution in [1.82, 2.24) is 0 Å². The van der Waals surface area contributed by atoms with E-state index < -0.39 is 48.3 Å². The molecule has 0 heterocycles. The molecule has 2 N–H and O–H groups in total. The summed E-state index contributed by atoms with van der Waals surface area (Å²) in [6, 6.07) is 0. The second-order valence-electron chi connectivity index (χ2n) is 1.11. The van der Waals surface area contributed by atoms with Crippen LogP contribution in [0, 0.1) is 0 Å². The summed E-state index contributed by atoms with van der Waals surface area (Å²) < 4.78 is 82.0. The summed E-state index contributed by atoms with van der Waals surface area (Å²) in [7, 11) is 0. The van der Waals surface area contributed by atoms with Gasteiger partial charge in [0, 0.05) is 0 Å². The van der Waals surface area contributed by atoms with Gasteiger partial charge in [0.25, 0.3) is 21.1 Å². The van der Waals surface area contributed by atoms with Gasteiger partial charge in [-0.15, -0.1) is 0 Å². The van der Waals surface area contributed by atoms with Crippen molar-refractivity contribution in [1.29, 1.82) is 0 Å². The Morgan fingerprint density at radius 1 is 0.929 bits per heavy atom. The van der Waals surface area contributed by atoms with Crippen molar-refractivity contribution in [2.75, 3.05) is 0 Å².